The first-order valence-electron chi connectivity index (χ1n) is 11.8. The molecule has 3 aliphatic rings. The van der Waals surface area contributed by atoms with Crippen molar-refractivity contribution in [2.24, 2.45) is 0 Å². The van der Waals surface area contributed by atoms with Crippen LogP contribution in [-0.4, -0.2) is 53.8 Å². The molecule has 174 valence electrons. The Kier molecular flexibility index (Phi) is 10.7. The van der Waals surface area contributed by atoms with E-state index in [0.717, 1.165) is 31.5 Å². The van der Waals surface area contributed by atoms with Crippen LogP contribution in [0.4, 0.5) is 4.39 Å². The number of aromatic nitrogens is 2. The molecule has 1 N–H and O–H groups in total. The molecular weight excluding hydrogens is 411 g/mol. The van der Waals surface area contributed by atoms with Crippen molar-refractivity contribution in [2.45, 2.75) is 31.7 Å². The lowest BCUT2D eigenvalue weighted by atomic mass is 10.0. The van der Waals surface area contributed by atoms with E-state index in [1.165, 1.54) is 48.7 Å². The molecule has 1 saturated heterocycles. The van der Waals surface area contributed by atoms with Gasteiger partial charge in [0.2, 0.25) is 0 Å². The molecule has 0 saturated carbocycles. The Balaban J connectivity index is 0.000000709. The van der Waals surface area contributed by atoms with E-state index < -0.39 is 6.67 Å². The molecule has 0 spiro atoms. The molecule has 1 aromatic heterocycles. The van der Waals surface area contributed by atoms with Gasteiger partial charge in [-0.25, -0.2) is 14.4 Å². The zero-order valence-electron chi connectivity index (χ0n) is 19.4. The van der Waals surface area contributed by atoms with Gasteiger partial charge in [0, 0.05) is 37.1 Å². The monoisotopic (exact) mass is 446 g/mol. The fourth-order valence-electron chi connectivity index (χ4n) is 4.01. The Morgan fingerprint density at radius 2 is 1.82 bits per heavy atom. The van der Waals surface area contributed by atoms with Crippen LogP contribution in [0.25, 0.3) is 5.57 Å². The van der Waals surface area contributed by atoms with Crippen LogP contribution in [0, 0.1) is 0 Å². The van der Waals surface area contributed by atoms with Gasteiger partial charge in [-0.3, -0.25) is 4.90 Å². The molecule has 0 bridgehead atoms. The van der Waals surface area contributed by atoms with Crippen LogP contribution in [0.3, 0.4) is 0 Å². The Morgan fingerprint density at radius 3 is 2.58 bits per heavy atom. The predicted octanol–water partition coefficient (Wildman–Crippen LogP) is 5.38. The lowest BCUT2D eigenvalue weighted by Gasteiger charge is -2.32. The fraction of sp³-hybridized carbons (Fsp3) is 0.357. The first-order valence-corrected chi connectivity index (χ1v) is 11.8. The van der Waals surface area contributed by atoms with E-state index >= 15 is 0 Å². The predicted molar refractivity (Wildman–Crippen MR) is 136 cm³/mol. The van der Waals surface area contributed by atoms with Gasteiger partial charge >= 0.3 is 0 Å². The summed E-state index contributed by atoms with van der Waals surface area (Å²) in [4.78, 5) is 10.8. The summed E-state index contributed by atoms with van der Waals surface area (Å²) in [5.41, 5.74) is 5.05. The third kappa shape index (κ3) is 8.87. The van der Waals surface area contributed by atoms with E-state index in [2.05, 4.69) is 81.4 Å². The minimum atomic E-state index is -0.417. The smallest absolute Gasteiger partial charge is 0.115 e. The van der Waals surface area contributed by atoms with Crippen molar-refractivity contribution < 1.29 is 4.39 Å². The van der Waals surface area contributed by atoms with Gasteiger partial charge in [0.15, 0.2) is 0 Å². The zero-order valence-corrected chi connectivity index (χ0v) is 19.4. The molecule has 0 aromatic carbocycles. The Morgan fingerprint density at radius 1 is 1.03 bits per heavy atom. The summed E-state index contributed by atoms with van der Waals surface area (Å²) in [6.07, 6.45) is 31.1. The van der Waals surface area contributed by atoms with Gasteiger partial charge in [-0.2, -0.15) is 0 Å². The van der Waals surface area contributed by atoms with Crippen molar-refractivity contribution in [3.8, 4) is 0 Å². The van der Waals surface area contributed by atoms with Crippen LogP contribution >= 0.6 is 0 Å². The normalized spacial score (nSPS) is 18.9. The largest absolute Gasteiger partial charge is 0.310 e. The number of hydrogen-bond donors (Lipinski definition) is 1. The third-order valence-electron chi connectivity index (χ3n) is 5.84. The number of likely N-dealkylation sites (tertiary alicyclic amines) is 1. The van der Waals surface area contributed by atoms with Gasteiger partial charge in [-0.05, 0) is 55.5 Å². The van der Waals surface area contributed by atoms with Gasteiger partial charge in [0.25, 0.3) is 0 Å². The van der Waals surface area contributed by atoms with Crippen LogP contribution in [0.5, 0.6) is 0 Å². The highest BCUT2D eigenvalue weighted by Crippen LogP contribution is 2.20. The molecule has 0 unspecified atom stereocenters. The number of hydrogen-bond acceptors (Lipinski definition) is 4. The first kappa shape index (κ1) is 24.7. The summed E-state index contributed by atoms with van der Waals surface area (Å²) in [6.45, 7) is 7.03. The number of allylic oxidation sites excluding steroid dienone is 9. The molecular formula is C28H35FN4. The van der Waals surface area contributed by atoms with Gasteiger partial charge in [-0.1, -0.05) is 60.8 Å². The minimum absolute atomic E-state index is 0.417. The Labute approximate surface area is 197 Å². The van der Waals surface area contributed by atoms with Crippen molar-refractivity contribution in [3.05, 3.63) is 103 Å². The quantitative estimate of drug-likeness (QED) is 0.571. The molecule has 4 nitrogen and oxygen atoms in total. The van der Waals surface area contributed by atoms with Crippen molar-refractivity contribution >= 4 is 5.57 Å². The fourth-order valence-corrected chi connectivity index (χ4v) is 4.01. The lowest BCUT2D eigenvalue weighted by Crippen LogP contribution is -2.43. The van der Waals surface area contributed by atoms with Gasteiger partial charge in [0.05, 0.1) is 0 Å². The van der Waals surface area contributed by atoms with E-state index in [1.54, 1.807) is 6.33 Å². The van der Waals surface area contributed by atoms with Crippen LogP contribution in [0.2, 0.25) is 0 Å². The summed E-state index contributed by atoms with van der Waals surface area (Å²) in [5, 5.41) is 3.77. The molecule has 0 amide bonds. The number of piperidine rings is 1. The molecule has 5 heteroatoms. The van der Waals surface area contributed by atoms with Crippen molar-refractivity contribution in [3.63, 3.8) is 0 Å². The minimum Gasteiger partial charge on any atom is -0.310 e. The number of rotatable bonds is 7. The molecule has 1 aliphatic heterocycles. The highest BCUT2D eigenvalue weighted by molar-refractivity contribution is 5.74. The number of nitrogens with one attached hydrogen (secondary N) is 1. The van der Waals surface area contributed by atoms with Crippen LogP contribution in [-0.2, 0) is 0 Å². The number of halogens is 1. The van der Waals surface area contributed by atoms with Crippen LogP contribution in [0.15, 0.2) is 97.2 Å². The van der Waals surface area contributed by atoms with Crippen LogP contribution in [0.1, 0.15) is 31.2 Å². The highest BCUT2D eigenvalue weighted by Gasteiger charge is 2.19. The van der Waals surface area contributed by atoms with Gasteiger partial charge in [0.1, 0.15) is 13.0 Å². The maximum Gasteiger partial charge on any atom is 0.115 e. The summed E-state index contributed by atoms with van der Waals surface area (Å²) >= 11 is 0. The molecule has 1 aromatic rings. The van der Waals surface area contributed by atoms with Crippen molar-refractivity contribution in [1.82, 2.24) is 20.2 Å². The maximum absolute atomic E-state index is 10.6. The van der Waals surface area contributed by atoms with E-state index in [1.807, 2.05) is 12.4 Å². The molecule has 0 radical (unpaired) electrons. The summed E-state index contributed by atoms with van der Waals surface area (Å²) in [6, 6.07) is 0.609. The Bertz CT molecular complexity index is 916. The average Bonchev–Trinajstić information content (AvgIpc) is 3.27. The Hall–Kier alpha value is -2.89. The summed E-state index contributed by atoms with van der Waals surface area (Å²) in [5.74, 6) is 0. The van der Waals surface area contributed by atoms with Gasteiger partial charge < -0.3 is 5.32 Å². The topological polar surface area (TPSA) is 41.0 Å². The SMILES string of the molecule is C1=CCC=CC(CN2CCC(NCC3=CCC=C(c4cncnc4)C=C3)CC2)=C1.C=CCF. The average molecular weight is 447 g/mol. The van der Waals surface area contributed by atoms with Crippen molar-refractivity contribution in [2.75, 3.05) is 32.9 Å². The third-order valence-corrected chi connectivity index (χ3v) is 5.84. The number of nitrogens with zero attached hydrogens (tertiary/aromatic N) is 3. The zero-order chi connectivity index (χ0) is 23.1. The van der Waals surface area contributed by atoms with Crippen molar-refractivity contribution in [1.29, 1.82) is 0 Å². The molecule has 33 heavy (non-hydrogen) atoms. The van der Waals surface area contributed by atoms with E-state index in [9.17, 15) is 4.39 Å². The maximum atomic E-state index is 10.6. The molecule has 0 atom stereocenters. The van der Waals surface area contributed by atoms with Gasteiger partial charge in [-0.15, -0.1) is 6.58 Å². The van der Waals surface area contributed by atoms with E-state index in [4.69, 9.17) is 0 Å². The highest BCUT2D eigenvalue weighted by atomic mass is 19.1. The first-order chi connectivity index (χ1) is 16.3. The molecule has 2 aliphatic carbocycles. The molecule has 2 heterocycles. The van der Waals surface area contributed by atoms with Crippen LogP contribution < -0.4 is 5.32 Å². The second-order valence-corrected chi connectivity index (χ2v) is 8.32. The second kappa shape index (κ2) is 14.3. The number of alkyl halides is 1. The summed E-state index contributed by atoms with van der Waals surface area (Å²) < 4.78 is 10.6. The second-order valence-electron chi connectivity index (χ2n) is 8.32. The van der Waals surface area contributed by atoms with E-state index in [0.29, 0.717) is 6.04 Å². The lowest BCUT2D eigenvalue weighted by molar-refractivity contribution is 0.215. The standard InChI is InChI=1S/C25H30N4.C3H5F/c1-2-4-7-22(6-3-1)19-29-14-12-25(13-15-29)28-16-21-8-5-9-23(11-10-21)24-17-26-20-27-18-24;1-2-3-4/h1,3-4,6-11,17-18,20,25,28H,2,5,12-16,19H2;2H,1,3H2. The summed E-state index contributed by atoms with van der Waals surface area (Å²) in [7, 11) is 0. The molecule has 4 rings (SSSR count). The van der Waals surface area contributed by atoms with E-state index in [-0.39, 0.29) is 0 Å². The molecule has 1 fully saturated rings.